The first-order chi connectivity index (χ1) is 5.76. The molecule has 1 fully saturated rings. The van der Waals surface area contributed by atoms with Gasteiger partial charge in [-0.15, -0.1) is 0 Å². The largest absolute Gasteiger partial charge is 0.468 e. The molecule has 4 nitrogen and oxygen atoms in total. The Balaban J connectivity index is 2.27. The molecule has 0 aliphatic carbocycles. The molecule has 1 heterocycles. The van der Waals surface area contributed by atoms with Crippen molar-refractivity contribution in [3.8, 4) is 0 Å². The van der Waals surface area contributed by atoms with E-state index in [4.69, 9.17) is 0 Å². The van der Waals surface area contributed by atoms with Crippen molar-refractivity contribution in [1.82, 2.24) is 9.80 Å². The number of ether oxygens (including phenoxy) is 1. The summed E-state index contributed by atoms with van der Waals surface area (Å²) in [5, 5.41) is 0. The van der Waals surface area contributed by atoms with Gasteiger partial charge in [-0.3, -0.25) is 9.69 Å². The van der Waals surface area contributed by atoms with Crippen molar-refractivity contribution in [3.05, 3.63) is 12.8 Å². The van der Waals surface area contributed by atoms with Gasteiger partial charge in [0.25, 0.3) is 0 Å². The summed E-state index contributed by atoms with van der Waals surface area (Å²) in [6, 6.07) is 0. The van der Waals surface area contributed by atoms with E-state index in [1.165, 1.54) is 7.11 Å². The molecule has 0 aromatic carbocycles. The van der Waals surface area contributed by atoms with Crippen LogP contribution >= 0.6 is 0 Å². The Morgan fingerprint density at radius 2 is 2.42 bits per heavy atom. The maximum atomic E-state index is 10.9. The third-order valence-corrected chi connectivity index (χ3v) is 1.92. The van der Waals surface area contributed by atoms with Gasteiger partial charge in [0.05, 0.1) is 20.3 Å². The van der Waals surface area contributed by atoms with E-state index < -0.39 is 0 Å². The van der Waals surface area contributed by atoms with Crippen molar-refractivity contribution in [2.24, 2.45) is 0 Å². The molecule has 0 atom stereocenters. The summed E-state index contributed by atoms with van der Waals surface area (Å²) in [5.41, 5.74) is 0. The van der Waals surface area contributed by atoms with Crippen LogP contribution in [-0.4, -0.2) is 49.2 Å². The SMILES string of the molecule is C=CN1CCN(CC(=O)OC)C1. The van der Waals surface area contributed by atoms with Crippen LogP contribution in [0.1, 0.15) is 0 Å². The fraction of sp³-hybridized carbons (Fsp3) is 0.625. The maximum absolute atomic E-state index is 10.9. The van der Waals surface area contributed by atoms with Crippen molar-refractivity contribution in [2.75, 3.05) is 33.4 Å². The second kappa shape index (κ2) is 4.11. The van der Waals surface area contributed by atoms with E-state index in [2.05, 4.69) is 16.2 Å². The summed E-state index contributed by atoms with van der Waals surface area (Å²) in [4.78, 5) is 14.9. The molecule has 12 heavy (non-hydrogen) atoms. The lowest BCUT2D eigenvalue weighted by Gasteiger charge is -2.14. The summed E-state index contributed by atoms with van der Waals surface area (Å²) < 4.78 is 4.56. The minimum absolute atomic E-state index is 0.180. The van der Waals surface area contributed by atoms with Crippen LogP contribution in [0.4, 0.5) is 0 Å². The summed E-state index contributed by atoms with van der Waals surface area (Å²) in [5.74, 6) is -0.180. The van der Waals surface area contributed by atoms with Crippen LogP contribution in [0, 0.1) is 0 Å². The Morgan fingerprint density at radius 3 is 2.92 bits per heavy atom. The normalized spacial score (nSPS) is 17.9. The average Bonchev–Trinajstić information content (AvgIpc) is 2.52. The number of carbonyl (C=O) groups is 1. The maximum Gasteiger partial charge on any atom is 0.319 e. The Kier molecular flexibility index (Phi) is 3.10. The van der Waals surface area contributed by atoms with Crippen molar-refractivity contribution >= 4 is 5.97 Å². The minimum atomic E-state index is -0.180. The highest BCUT2D eigenvalue weighted by Gasteiger charge is 2.18. The summed E-state index contributed by atoms with van der Waals surface area (Å²) >= 11 is 0. The standard InChI is InChI=1S/C8H14N2O2/c1-3-9-4-5-10(7-9)6-8(11)12-2/h3H,1,4-7H2,2H3. The van der Waals surface area contributed by atoms with Crippen molar-refractivity contribution in [1.29, 1.82) is 0 Å². The van der Waals surface area contributed by atoms with Gasteiger partial charge in [0, 0.05) is 13.1 Å². The van der Waals surface area contributed by atoms with Gasteiger partial charge in [0.2, 0.25) is 0 Å². The van der Waals surface area contributed by atoms with Gasteiger partial charge in [0.15, 0.2) is 0 Å². The van der Waals surface area contributed by atoms with Gasteiger partial charge >= 0.3 is 5.97 Å². The number of esters is 1. The van der Waals surface area contributed by atoms with Crippen molar-refractivity contribution in [3.63, 3.8) is 0 Å². The van der Waals surface area contributed by atoms with Crippen LogP contribution in [0.25, 0.3) is 0 Å². The molecule has 0 aromatic rings. The Bertz CT molecular complexity index is 182. The molecule has 0 N–H and O–H groups in total. The molecule has 0 spiro atoms. The molecule has 0 saturated carbocycles. The van der Waals surface area contributed by atoms with Gasteiger partial charge in [0.1, 0.15) is 0 Å². The zero-order valence-corrected chi connectivity index (χ0v) is 7.32. The fourth-order valence-corrected chi connectivity index (χ4v) is 1.19. The molecule has 0 aromatic heterocycles. The van der Waals surface area contributed by atoms with Gasteiger partial charge in [-0.2, -0.15) is 0 Å². The summed E-state index contributed by atoms with van der Waals surface area (Å²) in [6.07, 6.45) is 1.79. The predicted octanol–water partition coefficient (Wildman–Crippen LogP) is -0.122. The lowest BCUT2D eigenvalue weighted by atomic mass is 10.5. The third-order valence-electron chi connectivity index (χ3n) is 1.92. The summed E-state index contributed by atoms with van der Waals surface area (Å²) in [6.45, 7) is 6.66. The molecular formula is C8H14N2O2. The monoisotopic (exact) mass is 170 g/mol. The fourth-order valence-electron chi connectivity index (χ4n) is 1.19. The Hall–Kier alpha value is -1.03. The number of hydrogen-bond donors (Lipinski definition) is 0. The van der Waals surface area contributed by atoms with E-state index in [0.29, 0.717) is 6.54 Å². The lowest BCUT2D eigenvalue weighted by molar-refractivity contribution is -0.141. The van der Waals surface area contributed by atoms with Gasteiger partial charge in [-0.25, -0.2) is 0 Å². The number of methoxy groups -OCH3 is 1. The zero-order chi connectivity index (χ0) is 8.97. The Labute approximate surface area is 72.4 Å². The molecule has 68 valence electrons. The molecule has 1 aliphatic heterocycles. The third kappa shape index (κ3) is 2.23. The van der Waals surface area contributed by atoms with Crippen molar-refractivity contribution in [2.45, 2.75) is 0 Å². The average molecular weight is 170 g/mol. The van der Waals surface area contributed by atoms with Crippen LogP contribution in [0.2, 0.25) is 0 Å². The molecule has 1 saturated heterocycles. The second-order valence-corrected chi connectivity index (χ2v) is 2.77. The quantitative estimate of drug-likeness (QED) is 0.553. The molecule has 0 bridgehead atoms. The lowest BCUT2D eigenvalue weighted by Crippen LogP contribution is -2.29. The highest BCUT2D eigenvalue weighted by atomic mass is 16.5. The number of nitrogens with zero attached hydrogens (tertiary/aromatic N) is 2. The molecule has 1 aliphatic rings. The predicted molar refractivity (Wildman–Crippen MR) is 45.4 cm³/mol. The van der Waals surface area contributed by atoms with E-state index in [1.807, 2.05) is 4.90 Å². The van der Waals surface area contributed by atoms with Gasteiger partial charge in [-0.05, 0) is 6.20 Å². The number of rotatable bonds is 3. The van der Waals surface area contributed by atoms with Gasteiger partial charge in [-0.1, -0.05) is 6.58 Å². The molecular weight excluding hydrogens is 156 g/mol. The highest BCUT2D eigenvalue weighted by Crippen LogP contribution is 2.03. The van der Waals surface area contributed by atoms with E-state index >= 15 is 0 Å². The first-order valence-electron chi connectivity index (χ1n) is 3.92. The van der Waals surface area contributed by atoms with Gasteiger partial charge < -0.3 is 9.64 Å². The van der Waals surface area contributed by atoms with Crippen LogP contribution < -0.4 is 0 Å². The smallest absolute Gasteiger partial charge is 0.319 e. The molecule has 0 unspecified atom stereocenters. The topological polar surface area (TPSA) is 32.8 Å². The number of hydrogen-bond acceptors (Lipinski definition) is 4. The second-order valence-electron chi connectivity index (χ2n) is 2.77. The molecule has 0 amide bonds. The Morgan fingerprint density at radius 1 is 1.67 bits per heavy atom. The number of carbonyl (C=O) groups excluding carboxylic acids is 1. The van der Waals surface area contributed by atoms with Crippen LogP contribution in [0.15, 0.2) is 12.8 Å². The van der Waals surface area contributed by atoms with E-state index in [1.54, 1.807) is 6.20 Å². The molecule has 1 rings (SSSR count). The van der Waals surface area contributed by atoms with E-state index in [0.717, 1.165) is 19.8 Å². The highest BCUT2D eigenvalue weighted by molar-refractivity contribution is 5.71. The first-order valence-corrected chi connectivity index (χ1v) is 3.92. The summed E-state index contributed by atoms with van der Waals surface area (Å²) in [7, 11) is 1.41. The van der Waals surface area contributed by atoms with Crippen LogP contribution in [0.5, 0.6) is 0 Å². The molecule has 0 radical (unpaired) electrons. The van der Waals surface area contributed by atoms with Crippen LogP contribution in [0.3, 0.4) is 0 Å². The first kappa shape index (κ1) is 9.06. The van der Waals surface area contributed by atoms with E-state index in [-0.39, 0.29) is 5.97 Å². The zero-order valence-electron chi connectivity index (χ0n) is 7.32. The van der Waals surface area contributed by atoms with Crippen LogP contribution in [-0.2, 0) is 9.53 Å². The van der Waals surface area contributed by atoms with Crippen molar-refractivity contribution < 1.29 is 9.53 Å². The molecule has 4 heteroatoms. The minimum Gasteiger partial charge on any atom is -0.468 e. The van der Waals surface area contributed by atoms with E-state index in [9.17, 15) is 4.79 Å².